The predicted octanol–water partition coefficient (Wildman–Crippen LogP) is 4.04. The van der Waals surface area contributed by atoms with Crippen molar-refractivity contribution in [2.45, 2.75) is 6.92 Å². The maximum Gasteiger partial charge on any atom is 0.124 e. The van der Waals surface area contributed by atoms with Crippen LogP contribution in [-0.4, -0.2) is 0 Å². The summed E-state index contributed by atoms with van der Waals surface area (Å²) in [7, 11) is 0. The van der Waals surface area contributed by atoms with Gasteiger partial charge in [0.05, 0.1) is 5.02 Å². The molecule has 0 saturated carbocycles. The molecular weight excluding hydrogens is 225 g/mol. The molecule has 0 spiro atoms. The molecule has 2 aromatic rings. The minimum absolute atomic E-state index is 0.332. The van der Waals surface area contributed by atoms with Gasteiger partial charge >= 0.3 is 0 Å². The van der Waals surface area contributed by atoms with E-state index < -0.39 is 0 Å². The van der Waals surface area contributed by atoms with Crippen molar-refractivity contribution in [2.24, 2.45) is 0 Å². The molecule has 0 aromatic heterocycles. The van der Waals surface area contributed by atoms with E-state index in [0.717, 1.165) is 22.4 Å². The van der Waals surface area contributed by atoms with Gasteiger partial charge in [-0.05, 0) is 48.4 Å². The van der Waals surface area contributed by atoms with E-state index in [1.807, 2.05) is 25.1 Å². The number of hydrogen-bond acceptors (Lipinski definition) is 1. The normalized spacial score (nSPS) is 10.4. The number of anilines is 1. The van der Waals surface area contributed by atoms with E-state index in [2.05, 4.69) is 0 Å². The van der Waals surface area contributed by atoms with Crippen molar-refractivity contribution in [3.05, 3.63) is 52.8 Å². The second kappa shape index (κ2) is 4.14. The van der Waals surface area contributed by atoms with Crippen LogP contribution in [0.2, 0.25) is 5.02 Å². The third-order valence-corrected chi connectivity index (χ3v) is 2.82. The van der Waals surface area contributed by atoms with Crippen molar-refractivity contribution in [1.82, 2.24) is 0 Å². The molecule has 0 radical (unpaired) electrons. The van der Waals surface area contributed by atoms with Gasteiger partial charge in [0, 0.05) is 11.3 Å². The maximum absolute atomic E-state index is 12.9. The van der Waals surface area contributed by atoms with Crippen LogP contribution < -0.4 is 5.73 Å². The minimum Gasteiger partial charge on any atom is -0.399 e. The SMILES string of the molecule is Cc1cc(-c2ccc(F)cc2Cl)ccc1N. The predicted molar refractivity (Wildman–Crippen MR) is 66.0 cm³/mol. The van der Waals surface area contributed by atoms with Crippen LogP contribution in [0, 0.1) is 12.7 Å². The molecule has 0 saturated heterocycles. The summed E-state index contributed by atoms with van der Waals surface area (Å²) in [5.74, 6) is -0.332. The summed E-state index contributed by atoms with van der Waals surface area (Å²) in [4.78, 5) is 0. The van der Waals surface area contributed by atoms with Crippen LogP contribution >= 0.6 is 11.6 Å². The van der Waals surface area contributed by atoms with Crippen molar-refractivity contribution in [2.75, 3.05) is 5.73 Å². The van der Waals surface area contributed by atoms with Gasteiger partial charge in [-0.3, -0.25) is 0 Å². The first-order valence-corrected chi connectivity index (χ1v) is 5.27. The fraction of sp³-hybridized carbons (Fsp3) is 0.0769. The first kappa shape index (κ1) is 11.0. The molecule has 0 amide bonds. The first-order valence-electron chi connectivity index (χ1n) is 4.89. The van der Waals surface area contributed by atoms with Crippen LogP contribution in [0.5, 0.6) is 0 Å². The molecule has 0 atom stereocenters. The van der Waals surface area contributed by atoms with Gasteiger partial charge in [0.25, 0.3) is 0 Å². The zero-order valence-corrected chi connectivity index (χ0v) is 9.55. The Bertz CT molecular complexity index is 537. The lowest BCUT2D eigenvalue weighted by Crippen LogP contribution is -1.90. The van der Waals surface area contributed by atoms with E-state index in [1.165, 1.54) is 12.1 Å². The molecule has 1 nitrogen and oxygen atoms in total. The maximum atomic E-state index is 12.9. The highest BCUT2D eigenvalue weighted by Crippen LogP contribution is 2.30. The summed E-state index contributed by atoms with van der Waals surface area (Å²) in [5.41, 5.74) is 9.21. The average molecular weight is 236 g/mol. The lowest BCUT2D eigenvalue weighted by atomic mass is 10.0. The molecule has 16 heavy (non-hydrogen) atoms. The van der Waals surface area contributed by atoms with Crippen LogP contribution in [0.4, 0.5) is 10.1 Å². The first-order chi connectivity index (χ1) is 7.58. The number of nitrogens with two attached hydrogens (primary N) is 1. The quantitative estimate of drug-likeness (QED) is 0.742. The molecule has 82 valence electrons. The molecule has 3 heteroatoms. The van der Waals surface area contributed by atoms with Crippen molar-refractivity contribution in [3.63, 3.8) is 0 Å². The summed E-state index contributed by atoms with van der Waals surface area (Å²) >= 11 is 5.98. The van der Waals surface area contributed by atoms with Gasteiger partial charge < -0.3 is 5.73 Å². The molecule has 0 aliphatic heterocycles. The largest absolute Gasteiger partial charge is 0.399 e. The number of hydrogen-bond donors (Lipinski definition) is 1. The van der Waals surface area contributed by atoms with Gasteiger partial charge in [0.15, 0.2) is 0 Å². The van der Waals surface area contributed by atoms with Gasteiger partial charge in [-0.15, -0.1) is 0 Å². The van der Waals surface area contributed by atoms with Crippen LogP contribution in [-0.2, 0) is 0 Å². The van der Waals surface area contributed by atoms with Crippen molar-refractivity contribution < 1.29 is 4.39 Å². The lowest BCUT2D eigenvalue weighted by Gasteiger charge is -2.07. The van der Waals surface area contributed by atoms with Crippen LogP contribution in [0.3, 0.4) is 0 Å². The standard InChI is InChI=1S/C13H11ClFN/c1-8-6-9(2-5-13(8)16)11-4-3-10(15)7-12(11)14/h2-7H,16H2,1H3. The number of rotatable bonds is 1. The summed E-state index contributed by atoms with van der Waals surface area (Å²) in [6, 6.07) is 10.0. The molecule has 0 bridgehead atoms. The van der Waals surface area contributed by atoms with Crippen molar-refractivity contribution in [3.8, 4) is 11.1 Å². The van der Waals surface area contributed by atoms with Gasteiger partial charge in [0.2, 0.25) is 0 Å². The van der Waals surface area contributed by atoms with E-state index in [0.29, 0.717) is 5.02 Å². The Kier molecular flexibility index (Phi) is 2.84. The second-order valence-electron chi connectivity index (χ2n) is 3.70. The molecule has 0 aliphatic carbocycles. The topological polar surface area (TPSA) is 26.0 Å². The highest BCUT2D eigenvalue weighted by atomic mass is 35.5. The smallest absolute Gasteiger partial charge is 0.124 e. The Labute approximate surface area is 98.7 Å². The van der Waals surface area contributed by atoms with Gasteiger partial charge in [0.1, 0.15) is 5.82 Å². The van der Waals surface area contributed by atoms with Gasteiger partial charge in [-0.1, -0.05) is 17.7 Å². The zero-order chi connectivity index (χ0) is 11.7. The Balaban J connectivity index is 2.54. The van der Waals surface area contributed by atoms with Crippen LogP contribution in [0.15, 0.2) is 36.4 Å². The Morgan fingerprint density at radius 3 is 2.50 bits per heavy atom. The lowest BCUT2D eigenvalue weighted by molar-refractivity contribution is 0.628. The highest BCUT2D eigenvalue weighted by molar-refractivity contribution is 6.33. The van der Waals surface area contributed by atoms with Crippen LogP contribution in [0.1, 0.15) is 5.56 Å². The summed E-state index contributed by atoms with van der Waals surface area (Å²) < 4.78 is 12.9. The van der Waals surface area contributed by atoms with Crippen LogP contribution in [0.25, 0.3) is 11.1 Å². The fourth-order valence-corrected chi connectivity index (χ4v) is 1.84. The molecule has 2 rings (SSSR count). The third kappa shape index (κ3) is 2.02. The summed E-state index contributed by atoms with van der Waals surface area (Å²) in [6.07, 6.45) is 0. The number of benzene rings is 2. The minimum atomic E-state index is -0.332. The molecular formula is C13H11ClFN. The summed E-state index contributed by atoms with van der Waals surface area (Å²) in [6.45, 7) is 1.93. The van der Waals surface area contributed by atoms with E-state index in [-0.39, 0.29) is 5.82 Å². The van der Waals surface area contributed by atoms with Gasteiger partial charge in [-0.2, -0.15) is 0 Å². The number of halogens is 2. The summed E-state index contributed by atoms with van der Waals surface area (Å²) in [5, 5.41) is 0.407. The monoisotopic (exact) mass is 235 g/mol. The average Bonchev–Trinajstić information content (AvgIpc) is 2.22. The van der Waals surface area contributed by atoms with Gasteiger partial charge in [-0.25, -0.2) is 4.39 Å². The fourth-order valence-electron chi connectivity index (χ4n) is 1.57. The molecule has 2 N–H and O–H groups in total. The zero-order valence-electron chi connectivity index (χ0n) is 8.80. The molecule has 2 aromatic carbocycles. The molecule has 0 fully saturated rings. The molecule has 0 unspecified atom stereocenters. The van der Waals surface area contributed by atoms with E-state index >= 15 is 0 Å². The highest BCUT2D eigenvalue weighted by Gasteiger charge is 2.05. The third-order valence-electron chi connectivity index (χ3n) is 2.51. The number of aryl methyl sites for hydroxylation is 1. The Morgan fingerprint density at radius 2 is 1.88 bits per heavy atom. The van der Waals surface area contributed by atoms with E-state index in [1.54, 1.807) is 6.07 Å². The molecule has 0 heterocycles. The Hall–Kier alpha value is -1.54. The van der Waals surface area contributed by atoms with E-state index in [4.69, 9.17) is 17.3 Å². The van der Waals surface area contributed by atoms with Crippen molar-refractivity contribution >= 4 is 17.3 Å². The Morgan fingerprint density at radius 1 is 1.12 bits per heavy atom. The molecule has 0 aliphatic rings. The van der Waals surface area contributed by atoms with Crippen molar-refractivity contribution in [1.29, 1.82) is 0 Å². The van der Waals surface area contributed by atoms with E-state index in [9.17, 15) is 4.39 Å². The number of nitrogen functional groups attached to an aromatic ring is 1. The second-order valence-corrected chi connectivity index (χ2v) is 4.10.